The van der Waals surface area contributed by atoms with Crippen LogP contribution in [0.5, 0.6) is 5.75 Å². The topological polar surface area (TPSA) is 72.5 Å². The first-order valence-corrected chi connectivity index (χ1v) is 6.64. The number of ether oxygens (including phenoxy) is 1. The van der Waals surface area contributed by atoms with Gasteiger partial charge in [0.2, 0.25) is 0 Å². The number of aliphatic carboxylic acids is 1. The number of nitrogens with two attached hydrogens (primary N) is 1. The lowest BCUT2D eigenvalue weighted by Crippen LogP contribution is -2.43. The zero-order valence-electron chi connectivity index (χ0n) is 11.6. The molecule has 1 aromatic carbocycles. The highest BCUT2D eigenvalue weighted by molar-refractivity contribution is 5.75. The predicted octanol–water partition coefficient (Wildman–Crippen LogP) is 2.53. The number of rotatable bonds is 8. The normalized spacial score (nSPS) is 14.1. The van der Waals surface area contributed by atoms with Crippen molar-refractivity contribution in [3.05, 3.63) is 30.3 Å². The molecule has 0 aromatic heterocycles. The molecule has 3 N–H and O–H groups in total. The molecular formula is C15H23NO3. The molecule has 0 aliphatic carbocycles. The van der Waals surface area contributed by atoms with Gasteiger partial charge in [-0.25, -0.2) is 0 Å². The number of para-hydroxylation sites is 1. The zero-order valence-corrected chi connectivity index (χ0v) is 11.6. The number of carboxylic acids is 1. The Labute approximate surface area is 114 Å². The average Bonchev–Trinajstić information content (AvgIpc) is 2.39. The molecular weight excluding hydrogens is 242 g/mol. The second kappa shape index (κ2) is 7.14. The second-order valence-corrected chi connectivity index (χ2v) is 5.09. The van der Waals surface area contributed by atoms with Crippen molar-refractivity contribution < 1.29 is 14.6 Å². The minimum absolute atomic E-state index is 0.00623. The molecule has 0 aliphatic heterocycles. The molecule has 1 aromatic rings. The Morgan fingerprint density at radius 2 is 2.00 bits per heavy atom. The highest BCUT2D eigenvalue weighted by Crippen LogP contribution is 2.32. The van der Waals surface area contributed by atoms with Gasteiger partial charge in [0.15, 0.2) is 0 Å². The lowest BCUT2D eigenvalue weighted by Gasteiger charge is -2.32. The summed E-state index contributed by atoms with van der Waals surface area (Å²) in [5, 5.41) is 9.39. The summed E-state index contributed by atoms with van der Waals surface area (Å²) in [6.45, 7) is 4.47. The molecule has 1 rings (SSSR count). The van der Waals surface area contributed by atoms with Gasteiger partial charge in [-0.15, -0.1) is 0 Å². The van der Waals surface area contributed by atoms with Crippen molar-refractivity contribution in [1.82, 2.24) is 0 Å². The van der Waals surface area contributed by atoms with Crippen LogP contribution in [0.15, 0.2) is 30.3 Å². The van der Waals surface area contributed by atoms with Gasteiger partial charge in [0.25, 0.3) is 0 Å². The van der Waals surface area contributed by atoms with Crippen LogP contribution < -0.4 is 10.5 Å². The molecule has 4 nitrogen and oxygen atoms in total. The summed E-state index contributed by atoms with van der Waals surface area (Å²) in [7, 11) is 0. The Kier molecular flexibility index (Phi) is 5.83. The first-order valence-electron chi connectivity index (χ1n) is 6.64. The van der Waals surface area contributed by atoms with Gasteiger partial charge in [-0.3, -0.25) is 4.79 Å². The van der Waals surface area contributed by atoms with E-state index < -0.39 is 11.4 Å². The zero-order chi connectivity index (χ0) is 14.3. The number of carbonyl (C=O) groups is 1. The third-order valence-corrected chi connectivity index (χ3v) is 3.67. The smallest absolute Gasteiger partial charge is 0.311 e. The molecule has 0 saturated carbocycles. The van der Waals surface area contributed by atoms with Gasteiger partial charge in [0.05, 0.1) is 12.0 Å². The quantitative estimate of drug-likeness (QED) is 0.708. The molecule has 0 bridgehead atoms. The van der Waals surface area contributed by atoms with E-state index in [-0.39, 0.29) is 12.5 Å². The van der Waals surface area contributed by atoms with Crippen molar-refractivity contribution in [3.63, 3.8) is 0 Å². The molecule has 0 radical (unpaired) electrons. The fourth-order valence-electron chi connectivity index (χ4n) is 2.16. The van der Waals surface area contributed by atoms with Gasteiger partial charge in [0, 0.05) is 6.54 Å². The summed E-state index contributed by atoms with van der Waals surface area (Å²) in [6, 6.07) is 9.51. The molecule has 0 fully saturated rings. The molecule has 106 valence electrons. The lowest BCUT2D eigenvalue weighted by atomic mass is 9.74. The van der Waals surface area contributed by atoms with Crippen LogP contribution in [-0.4, -0.2) is 24.2 Å². The number of hydrogen-bond acceptors (Lipinski definition) is 3. The fourth-order valence-corrected chi connectivity index (χ4v) is 2.16. The summed E-state index contributed by atoms with van der Waals surface area (Å²) >= 11 is 0. The SMILES string of the molecule is CC(C)C(CN)(CCCOc1ccccc1)C(=O)O. The highest BCUT2D eigenvalue weighted by atomic mass is 16.5. The Morgan fingerprint density at radius 1 is 1.37 bits per heavy atom. The van der Waals surface area contributed by atoms with Gasteiger partial charge in [-0.2, -0.15) is 0 Å². The van der Waals surface area contributed by atoms with Crippen LogP contribution in [-0.2, 0) is 4.79 Å². The minimum atomic E-state index is -0.847. The van der Waals surface area contributed by atoms with Crippen molar-refractivity contribution in [1.29, 1.82) is 0 Å². The van der Waals surface area contributed by atoms with Crippen LogP contribution in [0, 0.1) is 11.3 Å². The Bertz CT molecular complexity index is 392. The van der Waals surface area contributed by atoms with Crippen molar-refractivity contribution in [2.75, 3.05) is 13.2 Å². The first kappa shape index (κ1) is 15.5. The second-order valence-electron chi connectivity index (χ2n) is 5.09. The van der Waals surface area contributed by atoms with E-state index >= 15 is 0 Å². The van der Waals surface area contributed by atoms with Crippen LogP contribution >= 0.6 is 0 Å². The minimum Gasteiger partial charge on any atom is -0.494 e. The summed E-state index contributed by atoms with van der Waals surface area (Å²) in [4.78, 5) is 11.4. The van der Waals surface area contributed by atoms with Crippen LogP contribution in [0.4, 0.5) is 0 Å². The highest BCUT2D eigenvalue weighted by Gasteiger charge is 2.39. The third kappa shape index (κ3) is 3.96. The summed E-state index contributed by atoms with van der Waals surface area (Å²) in [5.74, 6) is -0.00263. The van der Waals surface area contributed by atoms with E-state index in [2.05, 4.69) is 0 Å². The first-order chi connectivity index (χ1) is 9.03. The van der Waals surface area contributed by atoms with E-state index in [0.29, 0.717) is 19.4 Å². The molecule has 1 unspecified atom stereocenters. The van der Waals surface area contributed by atoms with Crippen LogP contribution in [0.25, 0.3) is 0 Å². The van der Waals surface area contributed by atoms with E-state index in [1.54, 1.807) is 0 Å². The van der Waals surface area contributed by atoms with Crippen molar-refractivity contribution in [3.8, 4) is 5.75 Å². The maximum absolute atomic E-state index is 11.4. The Morgan fingerprint density at radius 3 is 2.47 bits per heavy atom. The number of benzene rings is 1. The van der Waals surface area contributed by atoms with Crippen molar-refractivity contribution >= 4 is 5.97 Å². The fraction of sp³-hybridized carbons (Fsp3) is 0.533. The monoisotopic (exact) mass is 265 g/mol. The van der Waals surface area contributed by atoms with Gasteiger partial charge >= 0.3 is 5.97 Å². The molecule has 0 saturated heterocycles. The molecule has 4 heteroatoms. The maximum Gasteiger partial charge on any atom is 0.311 e. The van der Waals surface area contributed by atoms with E-state index in [1.807, 2.05) is 44.2 Å². The largest absolute Gasteiger partial charge is 0.494 e. The number of carboxylic acid groups (broad SMARTS) is 1. The van der Waals surface area contributed by atoms with Gasteiger partial charge in [0.1, 0.15) is 5.75 Å². The van der Waals surface area contributed by atoms with Crippen LogP contribution in [0.3, 0.4) is 0 Å². The standard InChI is InChI=1S/C15H23NO3/c1-12(2)15(11-16,14(17)18)9-6-10-19-13-7-4-3-5-8-13/h3-5,7-8,12H,6,9-11,16H2,1-2H3,(H,17,18). The molecule has 0 amide bonds. The molecule has 0 heterocycles. The van der Waals surface area contributed by atoms with Crippen LogP contribution in [0.2, 0.25) is 0 Å². The molecule has 0 spiro atoms. The number of hydrogen-bond donors (Lipinski definition) is 2. The third-order valence-electron chi connectivity index (χ3n) is 3.67. The van der Waals surface area contributed by atoms with E-state index in [4.69, 9.17) is 10.5 Å². The molecule has 1 atom stereocenters. The summed E-state index contributed by atoms with van der Waals surface area (Å²) in [5.41, 5.74) is 4.83. The van der Waals surface area contributed by atoms with E-state index in [9.17, 15) is 9.90 Å². The van der Waals surface area contributed by atoms with Gasteiger partial charge < -0.3 is 15.6 Å². The van der Waals surface area contributed by atoms with Crippen LogP contribution in [0.1, 0.15) is 26.7 Å². The summed E-state index contributed by atoms with van der Waals surface area (Å²) in [6.07, 6.45) is 1.21. The van der Waals surface area contributed by atoms with E-state index in [0.717, 1.165) is 5.75 Å². The van der Waals surface area contributed by atoms with Gasteiger partial charge in [-0.1, -0.05) is 32.0 Å². The summed E-state index contributed by atoms with van der Waals surface area (Å²) < 4.78 is 5.57. The molecule has 19 heavy (non-hydrogen) atoms. The average molecular weight is 265 g/mol. The Balaban J connectivity index is 2.47. The van der Waals surface area contributed by atoms with Gasteiger partial charge in [-0.05, 0) is 30.9 Å². The lowest BCUT2D eigenvalue weighted by molar-refractivity contribution is -0.151. The van der Waals surface area contributed by atoms with Crippen molar-refractivity contribution in [2.24, 2.45) is 17.1 Å². The maximum atomic E-state index is 11.4. The van der Waals surface area contributed by atoms with E-state index in [1.165, 1.54) is 0 Å². The predicted molar refractivity (Wildman–Crippen MR) is 75.1 cm³/mol. The Hall–Kier alpha value is -1.55. The molecule has 0 aliphatic rings. The van der Waals surface area contributed by atoms with Crippen molar-refractivity contribution in [2.45, 2.75) is 26.7 Å².